The second-order valence-corrected chi connectivity index (χ2v) is 7.90. The molecule has 0 radical (unpaired) electrons. The molecule has 2 unspecified atom stereocenters. The predicted octanol–water partition coefficient (Wildman–Crippen LogP) is 3.33. The van der Waals surface area contributed by atoms with Crippen LogP contribution in [0.25, 0.3) is 0 Å². The molecule has 4 rings (SSSR count). The number of hydrogen-bond donors (Lipinski definition) is 3. The summed E-state index contributed by atoms with van der Waals surface area (Å²) in [4.78, 5) is 22.3. The molecule has 1 amide bonds. The van der Waals surface area contributed by atoms with E-state index < -0.39 is 5.82 Å². The van der Waals surface area contributed by atoms with Crippen LogP contribution in [-0.4, -0.2) is 35.0 Å². The van der Waals surface area contributed by atoms with Crippen molar-refractivity contribution in [3.8, 4) is 0 Å². The minimum Gasteiger partial charge on any atom is -0.371 e. The highest BCUT2D eigenvalue weighted by Gasteiger charge is 2.32. The minimum atomic E-state index is -0.550. The van der Waals surface area contributed by atoms with Crippen LogP contribution < -0.4 is 21.3 Å². The van der Waals surface area contributed by atoms with Crippen LogP contribution in [0.2, 0.25) is 0 Å². The smallest absolute Gasteiger partial charge is 0.229 e. The van der Waals surface area contributed by atoms with Gasteiger partial charge in [-0.25, -0.2) is 9.37 Å². The topological polar surface area (TPSA) is 96.2 Å². The molecular formula is C21H27FN6O. The first-order valence-corrected chi connectivity index (χ1v) is 10.2. The van der Waals surface area contributed by atoms with Gasteiger partial charge in [-0.15, -0.1) is 0 Å². The molecule has 1 aliphatic heterocycles. The Morgan fingerprint density at radius 3 is 2.76 bits per heavy atom. The van der Waals surface area contributed by atoms with Crippen LogP contribution in [0.1, 0.15) is 37.7 Å². The van der Waals surface area contributed by atoms with E-state index in [-0.39, 0.29) is 23.7 Å². The molecule has 1 saturated heterocycles. The van der Waals surface area contributed by atoms with Crippen molar-refractivity contribution in [2.45, 2.75) is 45.1 Å². The SMILES string of the molecule is Cc1cc(Nc2ncc(F)c(NC3CCCC3C(N)=O)n2)ccc1N1CCCC1. The standard InChI is InChI=1S/C21H27FN6O/c1-13-11-14(7-8-18(13)28-9-2-3-10-28)25-21-24-12-16(22)20(27-21)26-17-6-4-5-15(17)19(23)29/h7-8,11-12,15,17H,2-6,9-10H2,1H3,(H2,23,29)(H2,24,25,26,27). The molecule has 2 heterocycles. The van der Waals surface area contributed by atoms with Crippen molar-refractivity contribution in [3.05, 3.63) is 35.8 Å². The lowest BCUT2D eigenvalue weighted by Crippen LogP contribution is -2.34. The lowest BCUT2D eigenvalue weighted by molar-refractivity contribution is -0.121. The second-order valence-electron chi connectivity index (χ2n) is 7.90. The van der Waals surface area contributed by atoms with E-state index in [9.17, 15) is 9.18 Å². The molecule has 0 spiro atoms. The number of halogens is 1. The van der Waals surface area contributed by atoms with Gasteiger partial charge in [0.25, 0.3) is 0 Å². The summed E-state index contributed by atoms with van der Waals surface area (Å²) in [5, 5.41) is 6.20. The van der Waals surface area contributed by atoms with Crippen molar-refractivity contribution in [2.24, 2.45) is 11.7 Å². The maximum Gasteiger partial charge on any atom is 0.229 e. The van der Waals surface area contributed by atoms with E-state index in [0.29, 0.717) is 12.4 Å². The molecule has 0 bridgehead atoms. The zero-order chi connectivity index (χ0) is 20.4. The average Bonchev–Trinajstić information content (AvgIpc) is 3.36. The van der Waals surface area contributed by atoms with Crippen LogP contribution in [0.5, 0.6) is 0 Å². The molecule has 1 saturated carbocycles. The second kappa shape index (κ2) is 8.23. The van der Waals surface area contributed by atoms with E-state index in [2.05, 4.69) is 38.5 Å². The van der Waals surface area contributed by atoms with Crippen LogP contribution in [0.3, 0.4) is 0 Å². The Kier molecular flexibility index (Phi) is 5.51. The molecule has 2 aromatic rings. The fourth-order valence-corrected chi connectivity index (χ4v) is 4.35. The molecule has 1 aromatic carbocycles. The molecule has 2 atom stereocenters. The van der Waals surface area contributed by atoms with Crippen molar-refractivity contribution >= 4 is 29.0 Å². The number of carbonyl (C=O) groups excluding carboxylic acids is 1. The van der Waals surface area contributed by atoms with Gasteiger partial charge in [-0.3, -0.25) is 4.79 Å². The van der Waals surface area contributed by atoms with Gasteiger partial charge in [0.2, 0.25) is 11.9 Å². The summed E-state index contributed by atoms with van der Waals surface area (Å²) in [5.41, 5.74) is 8.73. The number of aromatic nitrogens is 2. The number of nitrogens with two attached hydrogens (primary N) is 1. The van der Waals surface area contributed by atoms with Crippen molar-refractivity contribution in [2.75, 3.05) is 28.6 Å². The summed E-state index contributed by atoms with van der Waals surface area (Å²) >= 11 is 0. The van der Waals surface area contributed by atoms with Gasteiger partial charge in [0.05, 0.1) is 12.1 Å². The molecule has 1 aliphatic carbocycles. The van der Waals surface area contributed by atoms with Gasteiger partial charge >= 0.3 is 0 Å². The van der Waals surface area contributed by atoms with Crippen molar-refractivity contribution in [1.29, 1.82) is 0 Å². The number of amides is 1. The summed E-state index contributed by atoms with van der Waals surface area (Å²) in [6.07, 6.45) is 5.96. The molecular weight excluding hydrogens is 371 g/mol. The highest BCUT2D eigenvalue weighted by atomic mass is 19.1. The maximum atomic E-state index is 14.2. The summed E-state index contributed by atoms with van der Waals surface area (Å²) in [6, 6.07) is 5.93. The van der Waals surface area contributed by atoms with Crippen LogP contribution in [-0.2, 0) is 4.79 Å². The Morgan fingerprint density at radius 1 is 1.24 bits per heavy atom. The number of anilines is 4. The number of nitrogens with zero attached hydrogens (tertiary/aromatic N) is 3. The number of primary amides is 1. The Balaban J connectivity index is 1.49. The van der Waals surface area contributed by atoms with Gasteiger partial charge in [-0.2, -0.15) is 4.98 Å². The molecule has 7 nitrogen and oxygen atoms in total. The third-order valence-corrected chi connectivity index (χ3v) is 5.85. The van der Waals surface area contributed by atoms with E-state index in [0.717, 1.165) is 37.8 Å². The lowest BCUT2D eigenvalue weighted by atomic mass is 10.0. The Labute approximate surface area is 169 Å². The van der Waals surface area contributed by atoms with Gasteiger partial charge in [0, 0.05) is 30.5 Å². The molecule has 2 aliphatic rings. The van der Waals surface area contributed by atoms with Crippen molar-refractivity contribution in [3.63, 3.8) is 0 Å². The van der Waals surface area contributed by atoms with E-state index in [4.69, 9.17) is 5.73 Å². The fraction of sp³-hybridized carbons (Fsp3) is 0.476. The van der Waals surface area contributed by atoms with Crippen LogP contribution in [0, 0.1) is 18.7 Å². The van der Waals surface area contributed by atoms with Gasteiger partial charge < -0.3 is 21.3 Å². The number of carbonyl (C=O) groups is 1. The normalized spacial score (nSPS) is 21.4. The van der Waals surface area contributed by atoms with Crippen molar-refractivity contribution < 1.29 is 9.18 Å². The van der Waals surface area contributed by atoms with Gasteiger partial charge in [-0.1, -0.05) is 6.42 Å². The summed E-state index contributed by atoms with van der Waals surface area (Å²) in [6.45, 7) is 4.27. The summed E-state index contributed by atoms with van der Waals surface area (Å²) in [7, 11) is 0. The number of aryl methyl sites for hydroxylation is 1. The average molecular weight is 398 g/mol. The van der Waals surface area contributed by atoms with E-state index in [1.807, 2.05) is 12.1 Å². The molecule has 8 heteroatoms. The Morgan fingerprint density at radius 2 is 2.03 bits per heavy atom. The van der Waals surface area contributed by atoms with Gasteiger partial charge in [-0.05, 0) is 56.4 Å². The first-order valence-electron chi connectivity index (χ1n) is 10.2. The predicted molar refractivity (Wildman–Crippen MR) is 112 cm³/mol. The largest absolute Gasteiger partial charge is 0.371 e. The molecule has 29 heavy (non-hydrogen) atoms. The zero-order valence-corrected chi connectivity index (χ0v) is 16.6. The lowest BCUT2D eigenvalue weighted by Gasteiger charge is -2.21. The van der Waals surface area contributed by atoms with Crippen LogP contribution in [0.4, 0.5) is 27.5 Å². The first kappa shape index (κ1) is 19.4. The molecule has 4 N–H and O–H groups in total. The van der Waals surface area contributed by atoms with Crippen molar-refractivity contribution in [1.82, 2.24) is 9.97 Å². The van der Waals surface area contributed by atoms with Gasteiger partial charge in [0.1, 0.15) is 0 Å². The zero-order valence-electron chi connectivity index (χ0n) is 16.6. The highest BCUT2D eigenvalue weighted by Crippen LogP contribution is 2.30. The Hall–Kier alpha value is -2.90. The fourth-order valence-electron chi connectivity index (χ4n) is 4.35. The van der Waals surface area contributed by atoms with Crippen LogP contribution in [0.15, 0.2) is 24.4 Å². The van der Waals surface area contributed by atoms with Gasteiger partial charge in [0.15, 0.2) is 11.6 Å². The Bertz CT molecular complexity index is 899. The number of rotatable bonds is 6. The third-order valence-electron chi connectivity index (χ3n) is 5.85. The van der Waals surface area contributed by atoms with E-state index in [1.165, 1.54) is 24.1 Å². The highest BCUT2D eigenvalue weighted by molar-refractivity contribution is 5.78. The molecule has 1 aromatic heterocycles. The maximum absolute atomic E-state index is 14.2. The first-order chi connectivity index (χ1) is 14.0. The monoisotopic (exact) mass is 398 g/mol. The minimum absolute atomic E-state index is 0.0889. The molecule has 154 valence electrons. The number of benzene rings is 1. The summed E-state index contributed by atoms with van der Waals surface area (Å²) in [5.74, 6) is -0.823. The summed E-state index contributed by atoms with van der Waals surface area (Å²) < 4.78 is 14.2. The van der Waals surface area contributed by atoms with E-state index in [1.54, 1.807) is 0 Å². The number of nitrogens with one attached hydrogen (secondary N) is 2. The number of hydrogen-bond acceptors (Lipinski definition) is 6. The quantitative estimate of drug-likeness (QED) is 0.691. The molecule has 2 fully saturated rings. The van der Waals surface area contributed by atoms with E-state index >= 15 is 0 Å². The van der Waals surface area contributed by atoms with Crippen LogP contribution >= 0.6 is 0 Å². The third kappa shape index (κ3) is 4.26.